The second-order valence-electron chi connectivity index (χ2n) is 4.04. The maximum Gasteiger partial charge on any atom is 0.120 e. The number of benzene rings is 2. The molecule has 0 spiro atoms. The van der Waals surface area contributed by atoms with E-state index in [-0.39, 0.29) is 0 Å². The lowest BCUT2D eigenvalue weighted by Gasteiger charge is -2.08. The number of anilines is 1. The number of ether oxygens (including phenoxy) is 1. The zero-order valence-electron chi connectivity index (χ0n) is 11.1. The highest BCUT2D eigenvalue weighted by Crippen LogP contribution is 2.31. The Kier molecular flexibility index (Phi) is 5.05. The van der Waals surface area contributed by atoms with Gasteiger partial charge in [-0.1, -0.05) is 12.1 Å². The van der Waals surface area contributed by atoms with Crippen LogP contribution in [0.3, 0.4) is 0 Å². The van der Waals surface area contributed by atoms with E-state index in [0.29, 0.717) is 0 Å². The van der Waals surface area contributed by atoms with Gasteiger partial charge in [-0.3, -0.25) is 0 Å². The molecule has 2 aromatic rings. The fraction of sp³-hybridized carbons (Fsp3) is 0.200. The predicted molar refractivity (Wildman–Crippen MR) is 85.2 cm³/mol. The van der Waals surface area contributed by atoms with Gasteiger partial charge in [0.15, 0.2) is 0 Å². The average molecular weight is 291 g/mol. The Morgan fingerprint density at radius 3 is 2.47 bits per heavy atom. The van der Waals surface area contributed by atoms with Crippen LogP contribution in [0.15, 0.2) is 52.3 Å². The van der Waals surface area contributed by atoms with Crippen LogP contribution in [0, 0.1) is 0 Å². The molecule has 0 aliphatic rings. The monoisotopic (exact) mass is 291 g/mol. The molecule has 0 amide bonds. The van der Waals surface area contributed by atoms with Gasteiger partial charge < -0.3 is 10.5 Å². The first-order valence-corrected chi connectivity index (χ1v) is 8.13. The summed E-state index contributed by atoms with van der Waals surface area (Å²) in [5.41, 5.74) is 8.07. The molecule has 0 aliphatic heterocycles. The van der Waals surface area contributed by atoms with Crippen molar-refractivity contribution < 1.29 is 4.74 Å². The number of hydrogen-bond acceptors (Lipinski definition) is 4. The van der Waals surface area contributed by atoms with Crippen LogP contribution in [0.5, 0.6) is 5.75 Å². The molecule has 0 fully saturated rings. The van der Waals surface area contributed by atoms with Crippen molar-refractivity contribution in [3.63, 3.8) is 0 Å². The second-order valence-corrected chi connectivity index (χ2v) is 5.94. The Labute approximate surface area is 122 Å². The molecule has 0 saturated heterocycles. The maximum atomic E-state index is 5.97. The van der Waals surface area contributed by atoms with Gasteiger partial charge in [-0.05, 0) is 42.2 Å². The van der Waals surface area contributed by atoms with Crippen molar-refractivity contribution in [3.8, 4) is 5.75 Å². The molecule has 0 aromatic heterocycles. The largest absolute Gasteiger partial charge is 0.497 e. The van der Waals surface area contributed by atoms with Crippen LogP contribution < -0.4 is 10.5 Å². The van der Waals surface area contributed by atoms with Crippen molar-refractivity contribution in [3.05, 3.63) is 48.0 Å². The molecule has 0 heterocycles. The first kappa shape index (κ1) is 14.2. The summed E-state index contributed by atoms with van der Waals surface area (Å²) in [6.45, 7) is 0. The molecular weight excluding hydrogens is 274 g/mol. The summed E-state index contributed by atoms with van der Waals surface area (Å²) >= 11 is 3.49. The van der Waals surface area contributed by atoms with Gasteiger partial charge in [-0.25, -0.2) is 0 Å². The number of nitrogens with two attached hydrogens (primary N) is 1. The first-order valence-electron chi connectivity index (χ1n) is 5.92. The van der Waals surface area contributed by atoms with Gasteiger partial charge in [0.2, 0.25) is 0 Å². The van der Waals surface area contributed by atoms with Crippen molar-refractivity contribution in [1.29, 1.82) is 0 Å². The third-order valence-corrected chi connectivity index (χ3v) is 4.66. The van der Waals surface area contributed by atoms with Crippen LogP contribution in [-0.2, 0) is 5.75 Å². The van der Waals surface area contributed by atoms with Gasteiger partial charge >= 0.3 is 0 Å². The van der Waals surface area contributed by atoms with Crippen molar-refractivity contribution in [2.45, 2.75) is 15.5 Å². The van der Waals surface area contributed by atoms with Crippen molar-refractivity contribution in [2.75, 3.05) is 19.1 Å². The Morgan fingerprint density at radius 1 is 1.11 bits per heavy atom. The van der Waals surface area contributed by atoms with E-state index in [1.54, 1.807) is 30.6 Å². The minimum absolute atomic E-state index is 0.798. The third kappa shape index (κ3) is 3.85. The maximum absolute atomic E-state index is 5.97. The topological polar surface area (TPSA) is 35.2 Å². The van der Waals surface area contributed by atoms with Gasteiger partial charge in [-0.2, -0.15) is 0 Å². The minimum atomic E-state index is 0.798. The number of hydrogen-bond donors (Lipinski definition) is 1. The number of rotatable bonds is 5. The molecule has 2 nitrogen and oxygen atoms in total. The van der Waals surface area contributed by atoms with Gasteiger partial charge in [0.25, 0.3) is 0 Å². The molecule has 100 valence electrons. The van der Waals surface area contributed by atoms with E-state index in [2.05, 4.69) is 30.5 Å². The molecule has 2 rings (SSSR count). The Hall–Kier alpha value is -1.26. The summed E-state index contributed by atoms with van der Waals surface area (Å²) < 4.78 is 5.22. The molecule has 0 saturated carbocycles. The predicted octanol–water partition coefficient (Wildman–Crippen LogP) is 4.29. The van der Waals surface area contributed by atoms with Crippen LogP contribution in [0.1, 0.15) is 5.56 Å². The molecule has 2 N–H and O–H groups in total. The highest BCUT2D eigenvalue weighted by molar-refractivity contribution is 7.99. The van der Waals surface area contributed by atoms with E-state index < -0.39 is 0 Å². The van der Waals surface area contributed by atoms with Crippen molar-refractivity contribution >= 4 is 29.2 Å². The molecular formula is C15H17NOS2. The zero-order valence-corrected chi connectivity index (χ0v) is 12.7. The first-order chi connectivity index (χ1) is 9.22. The standard InChI is InChI=1S/C15H17NOS2/c1-17-12-5-8-14(16)15(9-12)19-10-11-3-6-13(18-2)7-4-11/h3-9H,10,16H2,1-2H3. The van der Waals surface area contributed by atoms with Crippen LogP contribution in [0.2, 0.25) is 0 Å². The minimum Gasteiger partial charge on any atom is -0.497 e. The molecule has 0 aliphatic carbocycles. The highest BCUT2D eigenvalue weighted by atomic mass is 32.2. The van der Waals surface area contributed by atoms with Crippen molar-refractivity contribution in [2.24, 2.45) is 0 Å². The summed E-state index contributed by atoms with van der Waals surface area (Å²) in [7, 11) is 1.67. The highest BCUT2D eigenvalue weighted by Gasteiger charge is 2.03. The average Bonchev–Trinajstić information content (AvgIpc) is 2.47. The van der Waals surface area contributed by atoms with Gasteiger partial charge in [0.05, 0.1) is 7.11 Å². The van der Waals surface area contributed by atoms with Gasteiger partial charge in [0.1, 0.15) is 5.75 Å². The van der Waals surface area contributed by atoms with Crippen LogP contribution in [0.4, 0.5) is 5.69 Å². The molecule has 4 heteroatoms. The summed E-state index contributed by atoms with van der Waals surface area (Å²) in [5, 5.41) is 0. The molecule has 0 atom stereocenters. The van der Waals surface area contributed by atoms with E-state index in [9.17, 15) is 0 Å². The number of methoxy groups -OCH3 is 1. The van der Waals surface area contributed by atoms with E-state index in [1.165, 1.54) is 10.5 Å². The van der Waals surface area contributed by atoms with Gasteiger partial charge in [0, 0.05) is 21.2 Å². The second kappa shape index (κ2) is 6.78. The zero-order chi connectivity index (χ0) is 13.7. The third-order valence-electron chi connectivity index (χ3n) is 2.77. The van der Waals surface area contributed by atoms with E-state index in [0.717, 1.165) is 22.1 Å². The van der Waals surface area contributed by atoms with E-state index in [4.69, 9.17) is 10.5 Å². The smallest absolute Gasteiger partial charge is 0.120 e. The normalized spacial score (nSPS) is 10.4. The SMILES string of the molecule is COc1ccc(N)c(SCc2ccc(SC)cc2)c1. The number of nitrogen functional groups attached to an aromatic ring is 1. The fourth-order valence-electron chi connectivity index (χ4n) is 1.65. The van der Waals surface area contributed by atoms with Crippen LogP contribution >= 0.6 is 23.5 Å². The van der Waals surface area contributed by atoms with Crippen molar-refractivity contribution in [1.82, 2.24) is 0 Å². The van der Waals surface area contributed by atoms with Gasteiger partial charge in [-0.15, -0.1) is 23.5 Å². The van der Waals surface area contributed by atoms with Crippen LogP contribution in [-0.4, -0.2) is 13.4 Å². The molecule has 0 unspecified atom stereocenters. The summed E-state index contributed by atoms with van der Waals surface area (Å²) in [6, 6.07) is 14.4. The summed E-state index contributed by atoms with van der Waals surface area (Å²) in [4.78, 5) is 2.35. The Morgan fingerprint density at radius 2 is 1.84 bits per heavy atom. The summed E-state index contributed by atoms with van der Waals surface area (Å²) in [6.07, 6.45) is 2.08. The lowest BCUT2D eigenvalue weighted by molar-refractivity contribution is 0.414. The molecule has 19 heavy (non-hydrogen) atoms. The molecule has 0 radical (unpaired) electrons. The van der Waals surface area contributed by atoms with Crippen LogP contribution in [0.25, 0.3) is 0 Å². The lowest BCUT2D eigenvalue weighted by atomic mass is 10.2. The molecule has 0 bridgehead atoms. The number of thioether (sulfide) groups is 2. The fourth-order valence-corrected chi connectivity index (χ4v) is 3.01. The van der Waals surface area contributed by atoms with E-state index in [1.807, 2.05) is 18.2 Å². The Balaban J connectivity index is 2.05. The molecule has 2 aromatic carbocycles. The Bertz CT molecular complexity index is 540. The lowest BCUT2D eigenvalue weighted by Crippen LogP contribution is -1.91. The van der Waals surface area contributed by atoms with E-state index >= 15 is 0 Å². The summed E-state index contributed by atoms with van der Waals surface area (Å²) in [5.74, 6) is 1.75. The quantitative estimate of drug-likeness (QED) is 0.658.